The molecular formula is C28H26F2N3O2Tl. The number of allylic oxidation sites excluding steroid dienone is 1. The van der Waals surface area contributed by atoms with Crippen LogP contribution in [0.5, 0.6) is 0 Å². The van der Waals surface area contributed by atoms with Gasteiger partial charge in [0.2, 0.25) is 0 Å². The van der Waals surface area contributed by atoms with Crippen molar-refractivity contribution in [3.8, 4) is 0 Å². The molecule has 0 bridgehead atoms. The second-order valence-corrected chi connectivity index (χ2v) is 12.3. The summed E-state index contributed by atoms with van der Waals surface area (Å²) in [6.07, 6.45) is 8.19. The summed E-state index contributed by atoms with van der Waals surface area (Å²) >= 11 is -0.553. The second-order valence-electron chi connectivity index (χ2n) is 9.50. The molecule has 0 saturated heterocycles. The molecule has 5 nitrogen and oxygen atoms in total. The number of hydrogen-bond acceptors (Lipinski definition) is 3. The molecule has 1 fully saturated rings. The first-order valence-corrected chi connectivity index (χ1v) is 14.5. The Morgan fingerprint density at radius 3 is 2.67 bits per heavy atom. The second kappa shape index (κ2) is 10.4. The third-order valence-electron chi connectivity index (χ3n) is 7.00. The molecule has 1 aliphatic heterocycles. The Morgan fingerprint density at radius 1 is 1.08 bits per heavy atom. The van der Waals surface area contributed by atoms with Crippen LogP contribution in [0.15, 0.2) is 60.8 Å². The Bertz CT molecular complexity index is 1350. The number of anilines is 2. The monoisotopic (exact) mass is 679 g/mol. The Hall–Kier alpha value is -2.69. The fraction of sp³-hybridized carbons (Fsp3) is 0.321. The van der Waals surface area contributed by atoms with Crippen molar-refractivity contribution in [3.63, 3.8) is 0 Å². The summed E-state index contributed by atoms with van der Waals surface area (Å²) in [7, 11) is 0. The molecule has 1 aliphatic carbocycles. The van der Waals surface area contributed by atoms with Crippen LogP contribution < -0.4 is 10.2 Å². The summed E-state index contributed by atoms with van der Waals surface area (Å²) in [5.41, 5.74) is 3.25. The molecule has 36 heavy (non-hydrogen) atoms. The zero-order valence-corrected chi connectivity index (χ0v) is 24.3. The number of hydrogen-bond donors (Lipinski definition) is 1. The Labute approximate surface area is 224 Å². The predicted molar refractivity (Wildman–Crippen MR) is 138 cm³/mol. The number of carbonyl (C=O) groups excluding carboxylic acids is 2. The molecule has 1 saturated carbocycles. The van der Waals surface area contributed by atoms with Gasteiger partial charge in [-0.25, -0.2) is 0 Å². The molecule has 3 aromatic rings. The fourth-order valence-corrected chi connectivity index (χ4v) is 5.87. The first-order chi connectivity index (χ1) is 17.3. The minimum atomic E-state index is -2.87. The fourth-order valence-electron chi connectivity index (χ4n) is 5.17. The number of pyridine rings is 1. The van der Waals surface area contributed by atoms with Crippen LogP contribution in [0.1, 0.15) is 49.7 Å². The normalized spacial score (nSPS) is 17.7. The number of nitrogens with one attached hydrogen (secondary N) is 1. The number of nitrogens with zero attached hydrogens (tertiary/aromatic N) is 2. The molecule has 1 N–H and O–H groups in total. The number of aromatic nitrogens is 1. The number of carbonyl (C=O) groups is 2. The molecule has 2 amide bonds. The summed E-state index contributed by atoms with van der Waals surface area (Å²) < 4.78 is 25.7. The van der Waals surface area contributed by atoms with Crippen LogP contribution in [0, 0.1) is 5.92 Å². The molecule has 1 aromatic heterocycles. The maximum absolute atomic E-state index is 14.3. The van der Waals surface area contributed by atoms with Crippen molar-refractivity contribution < 1.29 is 18.4 Å². The Balaban J connectivity index is 1.48. The van der Waals surface area contributed by atoms with Gasteiger partial charge in [0.25, 0.3) is 0 Å². The van der Waals surface area contributed by atoms with Crippen LogP contribution in [0.3, 0.4) is 0 Å². The molecule has 2 aliphatic rings. The van der Waals surface area contributed by atoms with Crippen LogP contribution in [0.4, 0.5) is 20.2 Å². The average molecular weight is 679 g/mol. The van der Waals surface area contributed by atoms with Gasteiger partial charge in [-0.3, -0.25) is 4.98 Å². The van der Waals surface area contributed by atoms with Crippen LogP contribution in [0.2, 0.25) is 0 Å². The van der Waals surface area contributed by atoms with Gasteiger partial charge < -0.3 is 0 Å². The van der Waals surface area contributed by atoms with Gasteiger partial charge in [-0.1, -0.05) is 6.07 Å². The number of rotatable bonds is 4. The molecule has 2 aromatic carbocycles. The van der Waals surface area contributed by atoms with Gasteiger partial charge in [0.15, 0.2) is 0 Å². The van der Waals surface area contributed by atoms with E-state index in [1.807, 2.05) is 30.3 Å². The van der Waals surface area contributed by atoms with E-state index in [0.29, 0.717) is 36.3 Å². The van der Waals surface area contributed by atoms with Crippen molar-refractivity contribution in [2.24, 2.45) is 5.92 Å². The van der Waals surface area contributed by atoms with Crippen molar-refractivity contribution >= 4 is 65.4 Å². The van der Waals surface area contributed by atoms with E-state index in [-0.39, 0.29) is 23.3 Å². The van der Waals surface area contributed by atoms with Crippen LogP contribution >= 0.6 is 0 Å². The van der Waals surface area contributed by atoms with E-state index in [2.05, 4.69) is 10.3 Å². The van der Waals surface area contributed by atoms with E-state index in [1.54, 1.807) is 17.2 Å². The van der Waals surface area contributed by atoms with Gasteiger partial charge in [-0.05, 0) is 6.07 Å². The number of halogens is 2. The van der Waals surface area contributed by atoms with Crippen LogP contribution in [-0.4, -0.2) is 49.1 Å². The number of amides is 2. The number of benzene rings is 2. The van der Waals surface area contributed by atoms with Gasteiger partial charge >= 0.3 is 197 Å². The van der Waals surface area contributed by atoms with Crippen molar-refractivity contribution in [1.29, 1.82) is 0 Å². The van der Waals surface area contributed by atoms with E-state index in [4.69, 9.17) is 0 Å². The van der Waals surface area contributed by atoms with Crippen molar-refractivity contribution in [2.45, 2.75) is 42.0 Å². The average Bonchev–Trinajstić information content (AvgIpc) is 3.34. The Kier molecular flexibility index (Phi) is 7.19. The van der Waals surface area contributed by atoms with Gasteiger partial charge in [0.05, 0.1) is 0 Å². The SMILES string of the molecule is O=C(/C=C1\CCCN(C(=O)C2CCCC2)c2cc([C](F)(F)[Tl])ccc21)Nc1ccc2cccnc2c1. The number of alkyl halides is 2. The first kappa shape index (κ1) is 25.0. The first-order valence-electron chi connectivity index (χ1n) is 12.3. The quantitative estimate of drug-likeness (QED) is 0.281. The van der Waals surface area contributed by atoms with Gasteiger partial charge in [-0.2, -0.15) is 0 Å². The molecule has 0 radical (unpaired) electrons. The predicted octanol–water partition coefficient (Wildman–Crippen LogP) is 5.79. The molecule has 5 rings (SSSR count). The summed E-state index contributed by atoms with van der Waals surface area (Å²) in [5.74, 6) is -0.352. The number of fused-ring (bicyclic) bond motifs is 2. The molecule has 0 spiro atoms. The standard InChI is InChI=1S/C28H26F2N3O2.Tl/c29-27(30)21-10-12-23-20(8-4-14-33(25(23)15-21)28(35)19-5-1-2-6-19)16-26(34)32-22-11-9-18-7-3-13-31-24(18)17-22;/h3,7,9-13,15-17,19H,1-2,4-6,8,14H2,(H,32,34);/b20-16+;. The molecule has 0 atom stereocenters. The summed E-state index contributed by atoms with van der Waals surface area (Å²) in [5, 5.41) is 3.88. The van der Waals surface area contributed by atoms with E-state index in [0.717, 1.165) is 42.2 Å². The van der Waals surface area contributed by atoms with Gasteiger partial charge in [-0.15, -0.1) is 0 Å². The molecule has 8 heteroatoms. The topological polar surface area (TPSA) is 62.3 Å². The Morgan fingerprint density at radius 2 is 1.89 bits per heavy atom. The molecule has 182 valence electrons. The van der Waals surface area contributed by atoms with Crippen LogP contribution in [-0.2, 0) is 13.1 Å². The summed E-state index contributed by atoms with van der Waals surface area (Å²) in [6, 6.07) is 13.9. The zero-order valence-electron chi connectivity index (χ0n) is 19.8. The van der Waals surface area contributed by atoms with Crippen molar-refractivity contribution in [2.75, 3.05) is 16.8 Å². The molecule has 2 heterocycles. The summed E-state index contributed by atoms with van der Waals surface area (Å²) in [6.45, 7) is 0.454. The minimum absolute atomic E-state index is 0.0133. The maximum atomic E-state index is 14.3. The third-order valence-corrected chi connectivity index (χ3v) is 8.29. The van der Waals surface area contributed by atoms with Gasteiger partial charge in [0, 0.05) is 11.6 Å². The van der Waals surface area contributed by atoms with E-state index >= 15 is 0 Å². The zero-order chi connectivity index (χ0) is 25.3. The third kappa shape index (κ3) is 5.35. The summed E-state index contributed by atoms with van der Waals surface area (Å²) in [4.78, 5) is 32.4. The van der Waals surface area contributed by atoms with E-state index in [1.165, 1.54) is 18.2 Å². The van der Waals surface area contributed by atoms with E-state index in [9.17, 15) is 18.4 Å². The molecular weight excluding hydrogens is 653 g/mol. The van der Waals surface area contributed by atoms with Gasteiger partial charge in [0.1, 0.15) is 0 Å². The van der Waals surface area contributed by atoms with Crippen molar-refractivity contribution in [3.05, 3.63) is 71.9 Å². The van der Waals surface area contributed by atoms with Crippen LogP contribution in [0.25, 0.3) is 16.5 Å². The van der Waals surface area contributed by atoms with E-state index < -0.39 is 29.2 Å². The molecule has 0 unspecified atom stereocenters. The van der Waals surface area contributed by atoms with Crippen molar-refractivity contribution in [1.82, 2.24) is 4.98 Å².